The van der Waals surface area contributed by atoms with Gasteiger partial charge in [0, 0.05) is 12.6 Å². The second-order valence-corrected chi connectivity index (χ2v) is 6.17. The van der Waals surface area contributed by atoms with Crippen molar-refractivity contribution in [3.8, 4) is 5.75 Å². The molecule has 0 aliphatic rings. The number of carbonyl (C=O) groups is 1. The van der Waals surface area contributed by atoms with Gasteiger partial charge in [0.1, 0.15) is 5.75 Å². The van der Waals surface area contributed by atoms with Crippen molar-refractivity contribution in [3.63, 3.8) is 0 Å². The molecule has 0 saturated carbocycles. The van der Waals surface area contributed by atoms with Crippen molar-refractivity contribution in [2.45, 2.75) is 39.3 Å². The topological polar surface area (TPSA) is 64.3 Å². The van der Waals surface area contributed by atoms with Crippen molar-refractivity contribution in [2.75, 3.05) is 6.61 Å². The van der Waals surface area contributed by atoms with E-state index in [1.54, 1.807) is 0 Å². The summed E-state index contributed by atoms with van der Waals surface area (Å²) in [6.45, 7) is 4.55. The first-order valence-corrected chi connectivity index (χ1v) is 8.20. The predicted molar refractivity (Wildman–Crippen MR) is 87.7 cm³/mol. The molecule has 0 fully saturated rings. The molecule has 1 aromatic rings. The Bertz CT molecular complexity index is 439. The number of benzene rings is 1. The van der Waals surface area contributed by atoms with Crippen LogP contribution in [0.15, 0.2) is 21.1 Å². The SMILES string of the molecule is CCC(CC)NC(=O)COc1c(Br)cc(CN)cc1Br. The molecule has 0 unspecified atom stereocenters. The van der Waals surface area contributed by atoms with Crippen LogP contribution in [-0.4, -0.2) is 18.6 Å². The van der Waals surface area contributed by atoms with Crippen molar-refractivity contribution in [1.29, 1.82) is 0 Å². The Morgan fingerprint density at radius 2 is 1.85 bits per heavy atom. The predicted octanol–water partition coefficient (Wildman–Crippen LogP) is 3.35. The van der Waals surface area contributed by atoms with Crippen LogP contribution in [0.1, 0.15) is 32.3 Å². The average molecular weight is 408 g/mol. The highest BCUT2D eigenvalue weighted by atomic mass is 79.9. The Balaban J connectivity index is 2.64. The summed E-state index contributed by atoms with van der Waals surface area (Å²) in [5.41, 5.74) is 6.58. The summed E-state index contributed by atoms with van der Waals surface area (Å²) in [6, 6.07) is 3.98. The molecule has 0 aliphatic carbocycles. The van der Waals surface area contributed by atoms with E-state index in [0.29, 0.717) is 12.3 Å². The minimum atomic E-state index is -0.111. The van der Waals surface area contributed by atoms with Crippen LogP contribution in [0.4, 0.5) is 0 Å². The largest absolute Gasteiger partial charge is 0.481 e. The second-order valence-electron chi connectivity index (χ2n) is 4.46. The van der Waals surface area contributed by atoms with Crippen molar-refractivity contribution in [1.82, 2.24) is 5.32 Å². The Morgan fingerprint density at radius 3 is 2.30 bits per heavy atom. The van der Waals surface area contributed by atoms with Crippen LogP contribution in [0.5, 0.6) is 5.75 Å². The number of hydrogen-bond acceptors (Lipinski definition) is 3. The van der Waals surface area contributed by atoms with Crippen molar-refractivity contribution >= 4 is 37.8 Å². The molecule has 1 aromatic carbocycles. The molecule has 112 valence electrons. The minimum absolute atomic E-state index is 0.00429. The van der Waals surface area contributed by atoms with Crippen LogP contribution in [-0.2, 0) is 11.3 Å². The van der Waals surface area contributed by atoms with Crippen LogP contribution < -0.4 is 15.8 Å². The van der Waals surface area contributed by atoms with Gasteiger partial charge >= 0.3 is 0 Å². The zero-order valence-corrected chi connectivity index (χ0v) is 14.9. The molecule has 0 radical (unpaired) electrons. The molecule has 0 heterocycles. The molecular formula is C14H20Br2N2O2. The molecule has 1 rings (SSSR count). The number of hydrogen-bond donors (Lipinski definition) is 2. The standard InChI is InChI=1S/C14H20Br2N2O2/c1-3-10(4-2)18-13(19)8-20-14-11(15)5-9(7-17)6-12(14)16/h5-6,10H,3-4,7-8,17H2,1-2H3,(H,18,19). The molecular weight excluding hydrogens is 388 g/mol. The summed E-state index contributed by atoms with van der Waals surface area (Å²) < 4.78 is 7.13. The van der Waals surface area contributed by atoms with E-state index < -0.39 is 0 Å². The summed E-state index contributed by atoms with van der Waals surface area (Å²) in [5.74, 6) is 0.502. The fraction of sp³-hybridized carbons (Fsp3) is 0.500. The first-order valence-electron chi connectivity index (χ1n) is 6.61. The zero-order chi connectivity index (χ0) is 15.1. The second kappa shape index (κ2) is 8.64. The minimum Gasteiger partial charge on any atom is -0.481 e. The monoisotopic (exact) mass is 406 g/mol. The molecule has 1 amide bonds. The Labute approximate surface area is 136 Å². The van der Waals surface area contributed by atoms with E-state index in [2.05, 4.69) is 37.2 Å². The lowest BCUT2D eigenvalue weighted by molar-refractivity contribution is -0.123. The zero-order valence-electron chi connectivity index (χ0n) is 11.7. The van der Waals surface area contributed by atoms with E-state index in [1.165, 1.54) is 0 Å². The summed E-state index contributed by atoms with van der Waals surface area (Å²) in [4.78, 5) is 11.8. The smallest absolute Gasteiger partial charge is 0.258 e. The fourth-order valence-electron chi connectivity index (χ4n) is 1.77. The van der Waals surface area contributed by atoms with E-state index in [1.807, 2.05) is 26.0 Å². The number of halogens is 2. The number of nitrogens with two attached hydrogens (primary N) is 1. The lowest BCUT2D eigenvalue weighted by Gasteiger charge is -2.16. The van der Waals surface area contributed by atoms with Gasteiger partial charge in [-0.3, -0.25) is 4.79 Å². The molecule has 0 aromatic heterocycles. The van der Waals surface area contributed by atoms with Gasteiger partial charge in [-0.2, -0.15) is 0 Å². The van der Waals surface area contributed by atoms with Crippen LogP contribution in [0, 0.1) is 0 Å². The molecule has 0 atom stereocenters. The lowest BCUT2D eigenvalue weighted by atomic mass is 10.2. The van der Waals surface area contributed by atoms with Crippen LogP contribution in [0.3, 0.4) is 0 Å². The van der Waals surface area contributed by atoms with Gasteiger partial charge in [0.25, 0.3) is 5.91 Å². The number of ether oxygens (including phenoxy) is 1. The number of amides is 1. The van der Waals surface area contributed by atoms with Gasteiger partial charge in [-0.15, -0.1) is 0 Å². The van der Waals surface area contributed by atoms with E-state index in [-0.39, 0.29) is 18.6 Å². The summed E-state index contributed by atoms with van der Waals surface area (Å²) in [5, 5.41) is 2.93. The molecule has 4 nitrogen and oxygen atoms in total. The van der Waals surface area contributed by atoms with Gasteiger partial charge in [0.2, 0.25) is 0 Å². The van der Waals surface area contributed by atoms with Gasteiger partial charge in [-0.05, 0) is 62.4 Å². The number of nitrogens with one attached hydrogen (secondary N) is 1. The van der Waals surface area contributed by atoms with E-state index in [4.69, 9.17) is 10.5 Å². The highest BCUT2D eigenvalue weighted by Crippen LogP contribution is 2.34. The Hall–Kier alpha value is -0.590. The van der Waals surface area contributed by atoms with E-state index in [9.17, 15) is 4.79 Å². The van der Waals surface area contributed by atoms with Crippen LogP contribution >= 0.6 is 31.9 Å². The molecule has 3 N–H and O–H groups in total. The normalized spacial score (nSPS) is 10.7. The van der Waals surface area contributed by atoms with Crippen LogP contribution in [0.25, 0.3) is 0 Å². The first-order chi connectivity index (χ1) is 9.51. The lowest BCUT2D eigenvalue weighted by Crippen LogP contribution is -2.37. The first kappa shape index (κ1) is 17.5. The summed E-state index contributed by atoms with van der Waals surface area (Å²) >= 11 is 6.85. The maximum atomic E-state index is 11.8. The number of carbonyl (C=O) groups excluding carboxylic acids is 1. The van der Waals surface area contributed by atoms with Gasteiger partial charge in [0.15, 0.2) is 6.61 Å². The van der Waals surface area contributed by atoms with Crippen molar-refractivity contribution in [3.05, 3.63) is 26.6 Å². The third-order valence-electron chi connectivity index (χ3n) is 2.99. The molecule has 6 heteroatoms. The Morgan fingerprint density at radius 1 is 1.30 bits per heavy atom. The highest BCUT2D eigenvalue weighted by Gasteiger charge is 2.12. The quantitative estimate of drug-likeness (QED) is 0.728. The molecule has 0 bridgehead atoms. The van der Waals surface area contributed by atoms with Crippen molar-refractivity contribution < 1.29 is 9.53 Å². The van der Waals surface area contributed by atoms with Gasteiger partial charge in [-0.25, -0.2) is 0 Å². The van der Waals surface area contributed by atoms with Gasteiger partial charge in [0.05, 0.1) is 8.95 Å². The molecule has 0 spiro atoms. The maximum Gasteiger partial charge on any atom is 0.258 e. The van der Waals surface area contributed by atoms with Gasteiger partial charge in [-0.1, -0.05) is 13.8 Å². The highest BCUT2D eigenvalue weighted by molar-refractivity contribution is 9.11. The van der Waals surface area contributed by atoms with E-state index >= 15 is 0 Å². The van der Waals surface area contributed by atoms with Gasteiger partial charge < -0.3 is 15.8 Å². The molecule has 0 aliphatic heterocycles. The van der Waals surface area contributed by atoms with Crippen molar-refractivity contribution in [2.24, 2.45) is 5.73 Å². The van der Waals surface area contributed by atoms with Crippen LogP contribution in [0.2, 0.25) is 0 Å². The van der Waals surface area contributed by atoms with E-state index in [0.717, 1.165) is 27.4 Å². The summed E-state index contributed by atoms with van der Waals surface area (Å²) in [7, 11) is 0. The summed E-state index contributed by atoms with van der Waals surface area (Å²) in [6.07, 6.45) is 1.83. The third-order valence-corrected chi connectivity index (χ3v) is 4.17. The third kappa shape index (κ3) is 5.07. The fourth-order valence-corrected chi connectivity index (χ4v) is 3.28. The molecule has 0 saturated heterocycles. The maximum absolute atomic E-state index is 11.8. The number of rotatable bonds is 7. The molecule has 20 heavy (non-hydrogen) atoms. The average Bonchev–Trinajstić information content (AvgIpc) is 2.43. The Kier molecular flexibility index (Phi) is 7.55.